The van der Waals surface area contributed by atoms with Crippen LogP contribution in [0.25, 0.3) is 5.69 Å². The monoisotopic (exact) mass is 417 g/mol. The Kier molecular flexibility index (Phi) is 5.12. The van der Waals surface area contributed by atoms with Crippen LogP contribution in [0.2, 0.25) is 0 Å². The van der Waals surface area contributed by atoms with Gasteiger partial charge in [0.05, 0.1) is 30.8 Å². The highest BCUT2D eigenvalue weighted by molar-refractivity contribution is 5.99. The number of rotatable bonds is 4. The molecule has 3 heterocycles. The number of fused-ring (bicyclic) bond motifs is 1. The Bertz CT molecular complexity index is 1120. The van der Waals surface area contributed by atoms with Crippen LogP contribution in [-0.2, 0) is 17.7 Å². The van der Waals surface area contributed by atoms with Crippen molar-refractivity contribution in [2.45, 2.75) is 45.4 Å². The number of benzene rings is 2. The molecule has 1 saturated heterocycles. The van der Waals surface area contributed by atoms with E-state index in [9.17, 15) is 9.90 Å². The first-order valence-electron chi connectivity index (χ1n) is 10.8. The molecule has 1 amide bonds. The van der Waals surface area contributed by atoms with Crippen molar-refractivity contribution in [2.24, 2.45) is 0 Å². The molecule has 6 heteroatoms. The quantitative estimate of drug-likeness (QED) is 0.708. The van der Waals surface area contributed by atoms with E-state index in [4.69, 9.17) is 4.74 Å². The Balaban J connectivity index is 1.36. The molecule has 31 heavy (non-hydrogen) atoms. The Morgan fingerprint density at radius 1 is 1.19 bits per heavy atom. The molecule has 0 bridgehead atoms. The Morgan fingerprint density at radius 3 is 2.71 bits per heavy atom. The molecular weight excluding hydrogens is 390 g/mol. The van der Waals surface area contributed by atoms with Gasteiger partial charge in [0.2, 0.25) is 0 Å². The average molecular weight is 418 g/mol. The zero-order valence-corrected chi connectivity index (χ0v) is 17.9. The molecule has 1 fully saturated rings. The predicted octanol–water partition coefficient (Wildman–Crippen LogP) is 3.19. The van der Waals surface area contributed by atoms with Gasteiger partial charge in [0.15, 0.2) is 0 Å². The molecule has 6 nitrogen and oxygen atoms in total. The van der Waals surface area contributed by atoms with Crippen LogP contribution in [0.5, 0.6) is 0 Å². The molecule has 1 aromatic heterocycles. The van der Waals surface area contributed by atoms with Gasteiger partial charge in [0.25, 0.3) is 5.91 Å². The highest BCUT2D eigenvalue weighted by atomic mass is 16.5. The molecule has 3 aromatic rings. The smallest absolute Gasteiger partial charge is 0.254 e. The summed E-state index contributed by atoms with van der Waals surface area (Å²) in [6.07, 6.45) is 4.66. The molecule has 0 unspecified atom stereocenters. The van der Waals surface area contributed by atoms with Crippen molar-refractivity contribution < 1.29 is 14.6 Å². The number of aromatic nitrogens is 2. The van der Waals surface area contributed by atoms with Gasteiger partial charge in [-0.2, -0.15) is 0 Å². The SMILES string of the molecule is Cc1cn(-c2ccc(Cc3cc4c(cc3C)CN([C@H]3CCOC[C@@H]3O)C4=O)cc2)cn1. The van der Waals surface area contributed by atoms with Crippen molar-refractivity contribution in [2.75, 3.05) is 13.2 Å². The number of amides is 1. The van der Waals surface area contributed by atoms with Crippen LogP contribution in [0, 0.1) is 13.8 Å². The van der Waals surface area contributed by atoms with Crippen LogP contribution in [0.1, 0.15) is 44.7 Å². The maximum atomic E-state index is 13.1. The lowest BCUT2D eigenvalue weighted by atomic mass is 9.95. The van der Waals surface area contributed by atoms with Gasteiger partial charge in [-0.25, -0.2) is 4.98 Å². The van der Waals surface area contributed by atoms with Crippen LogP contribution >= 0.6 is 0 Å². The van der Waals surface area contributed by atoms with E-state index in [0.717, 1.165) is 34.5 Å². The number of carbonyl (C=O) groups excluding carboxylic acids is 1. The lowest BCUT2D eigenvalue weighted by Gasteiger charge is -2.34. The third kappa shape index (κ3) is 3.77. The number of nitrogens with zero attached hydrogens (tertiary/aromatic N) is 3. The second kappa shape index (κ2) is 7.94. The standard InChI is InChI=1S/C25H27N3O3/c1-16-9-20-13-28(23-7-8-31-14-24(23)29)25(30)22(20)11-19(16)10-18-3-5-21(6-4-18)27-12-17(2)26-15-27/h3-6,9,11-12,15,23-24,29H,7-8,10,13-14H2,1-2H3/t23-,24-/m0/s1. The normalized spacial score (nSPS) is 20.9. The number of hydrogen-bond acceptors (Lipinski definition) is 4. The second-order valence-corrected chi connectivity index (χ2v) is 8.63. The van der Waals surface area contributed by atoms with Crippen LogP contribution in [0.15, 0.2) is 48.9 Å². The molecule has 1 N–H and O–H groups in total. The molecule has 2 aliphatic heterocycles. The van der Waals surface area contributed by atoms with Crippen molar-refractivity contribution in [1.82, 2.24) is 14.5 Å². The Hall–Kier alpha value is -2.96. The molecule has 0 spiro atoms. The minimum Gasteiger partial charge on any atom is -0.389 e. The zero-order chi connectivity index (χ0) is 21.5. The third-order valence-electron chi connectivity index (χ3n) is 6.43. The summed E-state index contributed by atoms with van der Waals surface area (Å²) in [6.45, 7) is 5.53. The summed E-state index contributed by atoms with van der Waals surface area (Å²) < 4.78 is 7.34. The number of hydrogen-bond donors (Lipinski definition) is 1. The van der Waals surface area contributed by atoms with Crippen molar-refractivity contribution in [3.63, 3.8) is 0 Å². The summed E-state index contributed by atoms with van der Waals surface area (Å²) in [5, 5.41) is 10.3. The van der Waals surface area contributed by atoms with E-state index in [-0.39, 0.29) is 11.9 Å². The maximum absolute atomic E-state index is 13.1. The summed E-state index contributed by atoms with van der Waals surface area (Å²) in [4.78, 5) is 19.2. The Morgan fingerprint density at radius 2 is 2.00 bits per heavy atom. The van der Waals surface area contributed by atoms with Crippen molar-refractivity contribution in [1.29, 1.82) is 0 Å². The number of aliphatic hydroxyl groups is 1. The molecule has 0 saturated carbocycles. The molecule has 2 aliphatic rings. The van der Waals surface area contributed by atoms with Gasteiger partial charge in [-0.1, -0.05) is 18.2 Å². The van der Waals surface area contributed by atoms with E-state index in [1.807, 2.05) is 35.0 Å². The second-order valence-electron chi connectivity index (χ2n) is 8.63. The zero-order valence-electron chi connectivity index (χ0n) is 17.9. The van der Waals surface area contributed by atoms with Gasteiger partial charge in [-0.05, 0) is 67.1 Å². The van der Waals surface area contributed by atoms with Gasteiger partial charge in [-0.15, -0.1) is 0 Å². The number of aliphatic hydroxyl groups excluding tert-OH is 1. The van der Waals surface area contributed by atoms with Crippen LogP contribution in [0.4, 0.5) is 0 Å². The number of imidazole rings is 1. The molecule has 5 rings (SSSR count). The van der Waals surface area contributed by atoms with E-state index in [1.54, 1.807) is 0 Å². The van der Waals surface area contributed by atoms with Gasteiger partial charge in [0, 0.05) is 30.6 Å². The van der Waals surface area contributed by atoms with Gasteiger partial charge in [-0.3, -0.25) is 4.79 Å². The fraction of sp³-hybridized carbons (Fsp3) is 0.360. The third-order valence-corrected chi connectivity index (χ3v) is 6.43. The van der Waals surface area contributed by atoms with E-state index < -0.39 is 6.10 Å². The summed E-state index contributed by atoms with van der Waals surface area (Å²) in [7, 11) is 0. The molecule has 0 aliphatic carbocycles. The highest BCUT2D eigenvalue weighted by Gasteiger charge is 2.37. The molecule has 0 radical (unpaired) electrons. The van der Waals surface area contributed by atoms with E-state index in [0.29, 0.717) is 26.2 Å². The number of ether oxygens (including phenoxy) is 1. The van der Waals surface area contributed by atoms with Crippen molar-refractivity contribution >= 4 is 5.91 Å². The van der Waals surface area contributed by atoms with Gasteiger partial charge in [0.1, 0.15) is 0 Å². The lowest BCUT2D eigenvalue weighted by Crippen LogP contribution is -2.49. The Labute approximate surface area is 182 Å². The average Bonchev–Trinajstić information content (AvgIpc) is 3.33. The molecule has 2 aromatic carbocycles. The number of carbonyl (C=O) groups is 1. The summed E-state index contributed by atoms with van der Waals surface area (Å²) >= 11 is 0. The van der Waals surface area contributed by atoms with E-state index in [2.05, 4.69) is 42.2 Å². The first-order chi connectivity index (χ1) is 15.0. The first kappa shape index (κ1) is 20.0. The highest BCUT2D eigenvalue weighted by Crippen LogP contribution is 2.31. The van der Waals surface area contributed by atoms with Crippen LogP contribution in [-0.4, -0.2) is 50.8 Å². The minimum atomic E-state index is -0.620. The fourth-order valence-corrected chi connectivity index (χ4v) is 4.65. The molecule has 160 valence electrons. The van der Waals surface area contributed by atoms with E-state index in [1.165, 1.54) is 11.1 Å². The molecule has 2 atom stereocenters. The van der Waals surface area contributed by atoms with Crippen LogP contribution in [0.3, 0.4) is 0 Å². The van der Waals surface area contributed by atoms with E-state index >= 15 is 0 Å². The van der Waals surface area contributed by atoms with Crippen LogP contribution < -0.4 is 0 Å². The lowest BCUT2D eigenvalue weighted by molar-refractivity contribution is -0.0572. The first-order valence-corrected chi connectivity index (χ1v) is 10.8. The fourth-order valence-electron chi connectivity index (χ4n) is 4.65. The van der Waals surface area contributed by atoms with Crippen molar-refractivity contribution in [3.8, 4) is 5.69 Å². The molecular formula is C25H27N3O3. The predicted molar refractivity (Wildman–Crippen MR) is 117 cm³/mol. The minimum absolute atomic E-state index is 0.0213. The summed E-state index contributed by atoms with van der Waals surface area (Å²) in [5.74, 6) is 0.0213. The van der Waals surface area contributed by atoms with Gasteiger partial charge < -0.3 is 19.3 Å². The summed E-state index contributed by atoms with van der Waals surface area (Å²) in [6, 6.07) is 12.5. The number of aryl methyl sites for hydroxylation is 2. The van der Waals surface area contributed by atoms with Gasteiger partial charge >= 0.3 is 0 Å². The summed E-state index contributed by atoms with van der Waals surface area (Å²) in [5.41, 5.74) is 7.44. The van der Waals surface area contributed by atoms with Crippen molar-refractivity contribution in [3.05, 3.63) is 82.4 Å². The topological polar surface area (TPSA) is 67.6 Å². The largest absolute Gasteiger partial charge is 0.389 e. The maximum Gasteiger partial charge on any atom is 0.254 e.